The Hall–Kier alpha value is -0.250. The molecule has 0 amide bonds. The van der Waals surface area contributed by atoms with Gasteiger partial charge in [-0.1, -0.05) is 0 Å². The molecule has 0 aromatic heterocycles. The Morgan fingerprint density at radius 3 is 3.00 bits per heavy atom. The van der Waals surface area contributed by atoms with E-state index >= 15 is 0 Å². The summed E-state index contributed by atoms with van der Waals surface area (Å²) in [4.78, 5) is 0. The average Bonchev–Trinajstić information content (AvgIpc) is 2.04. The van der Waals surface area contributed by atoms with Crippen molar-refractivity contribution >= 4 is 27.0 Å². The molecule has 1 aliphatic rings. The molecule has 0 radical (unpaired) electrons. The van der Waals surface area contributed by atoms with Crippen molar-refractivity contribution < 1.29 is 0 Å². The van der Waals surface area contributed by atoms with Crippen molar-refractivity contribution in [2.75, 3.05) is 0 Å². The molecule has 0 unspecified atom stereocenters. The van der Waals surface area contributed by atoms with E-state index in [1.54, 1.807) is 9.18 Å². The van der Waals surface area contributed by atoms with Gasteiger partial charge in [0.05, 0.1) is 0 Å². The molecule has 0 fully saturated rings. The molecule has 0 N–H and O–H groups in total. The Morgan fingerprint density at radius 1 is 1.27 bits per heavy atom. The van der Waals surface area contributed by atoms with Crippen LogP contribution in [0, 0.1) is 0 Å². The monoisotopic (exact) mass is 260 g/mol. The summed E-state index contributed by atoms with van der Waals surface area (Å²) in [6, 6.07) is 8.72. The second kappa shape index (κ2) is 3.01. The van der Waals surface area contributed by atoms with Gasteiger partial charge < -0.3 is 0 Å². The van der Waals surface area contributed by atoms with Crippen molar-refractivity contribution in [1.29, 1.82) is 0 Å². The van der Waals surface area contributed by atoms with Gasteiger partial charge in [-0.25, -0.2) is 0 Å². The number of fused-ring (bicyclic) bond motifs is 1. The first-order valence-corrected chi connectivity index (χ1v) is 6.56. The van der Waals surface area contributed by atoms with Crippen LogP contribution in [0.2, 0.25) is 0 Å². The first kappa shape index (κ1) is 7.40. The van der Waals surface area contributed by atoms with E-state index in [1.165, 1.54) is 10.0 Å². The molecule has 56 valence electrons. The van der Waals surface area contributed by atoms with E-state index in [2.05, 4.69) is 37.3 Å². The molecular weight excluding hydrogens is 248 g/mol. The van der Waals surface area contributed by atoms with Crippen molar-refractivity contribution in [3.8, 4) is 0 Å². The molecule has 2 rings (SSSR count). The molecule has 0 nitrogen and oxygen atoms in total. The summed E-state index contributed by atoms with van der Waals surface area (Å²) < 4.78 is 2.98. The second-order valence-electron chi connectivity index (χ2n) is 2.74. The average molecular weight is 258 g/mol. The Labute approximate surface area is 77.4 Å². The van der Waals surface area contributed by atoms with Gasteiger partial charge >= 0.3 is 77.4 Å². The van der Waals surface area contributed by atoms with Gasteiger partial charge in [0.15, 0.2) is 0 Å². The van der Waals surface area contributed by atoms with Gasteiger partial charge in [-0.05, 0) is 0 Å². The van der Waals surface area contributed by atoms with E-state index in [0.29, 0.717) is 0 Å². The van der Waals surface area contributed by atoms with Gasteiger partial charge in [0.1, 0.15) is 0 Å². The Kier molecular flexibility index (Phi) is 2.02. The van der Waals surface area contributed by atoms with Gasteiger partial charge in [-0.15, -0.1) is 0 Å². The summed E-state index contributed by atoms with van der Waals surface area (Å²) in [6.07, 6.45) is 2.35. The van der Waals surface area contributed by atoms with Crippen molar-refractivity contribution in [3.63, 3.8) is 0 Å². The van der Waals surface area contributed by atoms with E-state index < -0.39 is 0 Å². The van der Waals surface area contributed by atoms with E-state index in [-0.39, 0.29) is 20.9 Å². The fourth-order valence-electron chi connectivity index (χ4n) is 1.26. The molecule has 1 aliphatic heterocycles. The molecule has 1 aromatic carbocycles. The molecule has 1 heteroatoms. The third-order valence-corrected chi connectivity index (χ3v) is 4.80. The quantitative estimate of drug-likeness (QED) is 0.626. The number of hydrogen-bond donors (Lipinski definition) is 0. The fourth-order valence-corrected chi connectivity index (χ4v) is 3.70. The number of allylic oxidation sites excluding steroid dienone is 1. The Morgan fingerprint density at radius 2 is 2.09 bits per heavy atom. The molecule has 0 spiro atoms. The van der Waals surface area contributed by atoms with Crippen LogP contribution >= 0.6 is 0 Å². The zero-order valence-electron chi connectivity index (χ0n) is 6.50. The van der Waals surface area contributed by atoms with Gasteiger partial charge in [-0.2, -0.15) is 0 Å². The summed E-state index contributed by atoms with van der Waals surface area (Å²) in [6.45, 7) is 2.26. The zero-order chi connectivity index (χ0) is 7.68. The molecule has 0 atom stereocenters. The van der Waals surface area contributed by atoms with E-state index in [9.17, 15) is 0 Å². The van der Waals surface area contributed by atoms with Gasteiger partial charge in [0.2, 0.25) is 0 Å². The predicted molar refractivity (Wildman–Crippen MR) is 49.6 cm³/mol. The van der Waals surface area contributed by atoms with E-state index in [4.69, 9.17) is 0 Å². The molecular formula is C10H10Te. The third-order valence-electron chi connectivity index (χ3n) is 1.87. The van der Waals surface area contributed by atoms with Crippen LogP contribution < -0.4 is 0 Å². The zero-order valence-corrected chi connectivity index (χ0v) is 8.83. The summed E-state index contributed by atoms with van der Waals surface area (Å²) in [5.41, 5.74) is 3.00. The van der Waals surface area contributed by atoms with E-state index in [1.807, 2.05) is 0 Å². The third kappa shape index (κ3) is 1.50. The SMILES string of the molecule is CC1=Cc2ccccc2C[Te]1. The van der Waals surface area contributed by atoms with Gasteiger partial charge in [0, 0.05) is 0 Å². The first-order chi connectivity index (χ1) is 5.36. The van der Waals surface area contributed by atoms with Crippen LogP contribution in [0.1, 0.15) is 18.1 Å². The minimum absolute atomic E-state index is 0.159. The minimum atomic E-state index is 0.159. The van der Waals surface area contributed by atoms with Crippen molar-refractivity contribution in [1.82, 2.24) is 0 Å². The molecule has 1 aromatic rings. The fraction of sp³-hybridized carbons (Fsp3) is 0.200. The summed E-state index contributed by atoms with van der Waals surface area (Å²) in [5.74, 6) is 0. The standard InChI is InChI=1S/C10H10Te/c1-8-6-9-4-2-3-5-10(9)7-11-8/h2-6H,7H2,1H3. The van der Waals surface area contributed by atoms with Crippen molar-refractivity contribution in [2.24, 2.45) is 0 Å². The number of rotatable bonds is 0. The van der Waals surface area contributed by atoms with Crippen LogP contribution in [0.4, 0.5) is 0 Å². The molecule has 0 aliphatic carbocycles. The van der Waals surface area contributed by atoms with Crippen molar-refractivity contribution in [2.45, 2.75) is 11.4 Å². The summed E-state index contributed by atoms with van der Waals surface area (Å²) in [7, 11) is 0. The van der Waals surface area contributed by atoms with E-state index in [0.717, 1.165) is 0 Å². The maximum atomic E-state index is 2.35. The first-order valence-electron chi connectivity index (χ1n) is 3.75. The van der Waals surface area contributed by atoms with Crippen molar-refractivity contribution in [3.05, 3.63) is 39.0 Å². The van der Waals surface area contributed by atoms with Crippen LogP contribution in [0.5, 0.6) is 0 Å². The maximum absolute atomic E-state index is 2.35. The summed E-state index contributed by atoms with van der Waals surface area (Å²) in [5, 5.41) is 0. The topological polar surface area (TPSA) is 0 Å². The molecule has 11 heavy (non-hydrogen) atoms. The van der Waals surface area contributed by atoms with Crippen LogP contribution in [0.3, 0.4) is 0 Å². The van der Waals surface area contributed by atoms with Crippen LogP contribution in [0.15, 0.2) is 27.9 Å². The molecule has 0 bridgehead atoms. The second-order valence-corrected chi connectivity index (χ2v) is 6.23. The number of benzene rings is 1. The van der Waals surface area contributed by atoms with Crippen LogP contribution in [-0.4, -0.2) is 20.9 Å². The normalized spacial score (nSPS) is 15.5. The summed E-state index contributed by atoms with van der Waals surface area (Å²) >= 11 is 0.159. The number of hydrogen-bond acceptors (Lipinski definition) is 0. The molecule has 0 saturated carbocycles. The molecule has 1 heterocycles. The Balaban J connectivity index is 2.51. The van der Waals surface area contributed by atoms with Crippen LogP contribution in [0.25, 0.3) is 6.08 Å². The molecule has 0 saturated heterocycles. The van der Waals surface area contributed by atoms with Gasteiger partial charge in [-0.3, -0.25) is 0 Å². The predicted octanol–water partition coefficient (Wildman–Crippen LogP) is 2.27. The van der Waals surface area contributed by atoms with Gasteiger partial charge in [0.25, 0.3) is 0 Å². The Bertz CT molecular complexity index is 299. The van der Waals surface area contributed by atoms with Crippen LogP contribution in [-0.2, 0) is 4.47 Å².